The molecule has 5 heteroatoms. The van der Waals surface area contributed by atoms with E-state index >= 15 is 0 Å². The molecule has 0 aliphatic carbocycles. The van der Waals surface area contributed by atoms with Gasteiger partial charge in [-0.3, -0.25) is 4.98 Å². The van der Waals surface area contributed by atoms with E-state index in [1.165, 1.54) is 4.88 Å². The van der Waals surface area contributed by atoms with Crippen LogP contribution in [0, 0.1) is 0 Å². The van der Waals surface area contributed by atoms with Gasteiger partial charge >= 0.3 is 0 Å². The molecule has 2 aromatic rings. The van der Waals surface area contributed by atoms with Crippen LogP contribution in [0.15, 0.2) is 29.0 Å². The molecule has 1 N–H and O–H groups in total. The SMILES string of the molecule is CCNC(C)c1cnc(-c2ncccc2Br)s1. The summed E-state index contributed by atoms with van der Waals surface area (Å²) in [6, 6.07) is 4.23. The van der Waals surface area contributed by atoms with Crippen LogP contribution in [-0.4, -0.2) is 16.5 Å². The first kappa shape index (κ1) is 12.7. The van der Waals surface area contributed by atoms with Crippen LogP contribution < -0.4 is 5.32 Å². The molecule has 0 spiro atoms. The van der Waals surface area contributed by atoms with E-state index in [2.05, 4.69) is 45.1 Å². The van der Waals surface area contributed by atoms with Crippen LogP contribution in [0.5, 0.6) is 0 Å². The molecule has 1 atom stereocenters. The molecular formula is C12H14BrN3S. The van der Waals surface area contributed by atoms with Gasteiger partial charge in [0.15, 0.2) is 0 Å². The summed E-state index contributed by atoms with van der Waals surface area (Å²) >= 11 is 5.18. The van der Waals surface area contributed by atoms with Crippen LogP contribution in [0.4, 0.5) is 0 Å². The lowest BCUT2D eigenvalue weighted by Gasteiger charge is -2.08. The Morgan fingerprint density at radius 1 is 1.47 bits per heavy atom. The Kier molecular flexibility index (Phi) is 4.25. The average Bonchev–Trinajstić information content (AvgIpc) is 2.79. The summed E-state index contributed by atoms with van der Waals surface area (Å²) in [5.74, 6) is 0. The Morgan fingerprint density at radius 2 is 2.29 bits per heavy atom. The monoisotopic (exact) mass is 311 g/mol. The summed E-state index contributed by atoms with van der Waals surface area (Å²) in [7, 11) is 0. The number of rotatable bonds is 4. The van der Waals surface area contributed by atoms with Crippen LogP contribution in [0.3, 0.4) is 0 Å². The lowest BCUT2D eigenvalue weighted by molar-refractivity contribution is 0.606. The molecule has 2 rings (SSSR count). The maximum atomic E-state index is 4.44. The zero-order valence-electron chi connectivity index (χ0n) is 9.77. The van der Waals surface area contributed by atoms with Crippen LogP contribution in [0.2, 0.25) is 0 Å². The Bertz CT molecular complexity index is 498. The van der Waals surface area contributed by atoms with E-state index < -0.39 is 0 Å². The third kappa shape index (κ3) is 2.91. The molecule has 0 aliphatic heterocycles. The van der Waals surface area contributed by atoms with Gasteiger partial charge in [-0.1, -0.05) is 6.92 Å². The summed E-state index contributed by atoms with van der Waals surface area (Å²) in [6.45, 7) is 5.21. The molecule has 1 unspecified atom stereocenters. The zero-order valence-corrected chi connectivity index (χ0v) is 12.2. The van der Waals surface area contributed by atoms with Gasteiger partial charge < -0.3 is 5.32 Å². The van der Waals surface area contributed by atoms with E-state index in [0.717, 1.165) is 21.7 Å². The lowest BCUT2D eigenvalue weighted by Crippen LogP contribution is -2.16. The summed E-state index contributed by atoms with van der Waals surface area (Å²) in [5.41, 5.74) is 0.910. The van der Waals surface area contributed by atoms with Crippen molar-refractivity contribution in [3.8, 4) is 10.7 Å². The molecule has 0 saturated heterocycles. The summed E-state index contributed by atoms with van der Waals surface area (Å²) in [5, 5.41) is 4.34. The smallest absolute Gasteiger partial charge is 0.143 e. The van der Waals surface area contributed by atoms with Crippen molar-refractivity contribution in [3.63, 3.8) is 0 Å². The molecule has 0 radical (unpaired) electrons. The molecule has 2 aromatic heterocycles. The van der Waals surface area contributed by atoms with Gasteiger partial charge in [0.2, 0.25) is 0 Å². The normalized spacial score (nSPS) is 12.6. The van der Waals surface area contributed by atoms with E-state index in [1.807, 2.05) is 18.3 Å². The van der Waals surface area contributed by atoms with E-state index in [0.29, 0.717) is 6.04 Å². The minimum absolute atomic E-state index is 0.341. The van der Waals surface area contributed by atoms with Gasteiger partial charge in [-0.15, -0.1) is 11.3 Å². The number of pyridine rings is 1. The van der Waals surface area contributed by atoms with Crippen molar-refractivity contribution >= 4 is 27.3 Å². The fourth-order valence-corrected chi connectivity index (χ4v) is 3.07. The molecule has 0 saturated carbocycles. The number of halogens is 1. The second-order valence-electron chi connectivity index (χ2n) is 3.68. The molecule has 90 valence electrons. The predicted octanol–water partition coefficient (Wildman–Crippen LogP) is 3.64. The standard InChI is InChI=1S/C12H14BrN3S/c1-3-14-8(2)10-7-16-12(17-10)11-9(13)5-4-6-15-11/h4-8,14H,3H2,1-2H3. The second kappa shape index (κ2) is 5.71. The van der Waals surface area contributed by atoms with Gasteiger partial charge in [-0.2, -0.15) is 0 Å². The first-order valence-corrected chi connectivity index (χ1v) is 7.13. The number of hydrogen-bond donors (Lipinski definition) is 1. The number of hydrogen-bond acceptors (Lipinski definition) is 4. The molecule has 2 heterocycles. The van der Waals surface area contributed by atoms with Crippen molar-refractivity contribution < 1.29 is 0 Å². The second-order valence-corrected chi connectivity index (χ2v) is 5.60. The van der Waals surface area contributed by atoms with Crippen molar-refractivity contribution in [3.05, 3.63) is 33.9 Å². The topological polar surface area (TPSA) is 37.8 Å². The highest BCUT2D eigenvalue weighted by molar-refractivity contribution is 9.10. The van der Waals surface area contributed by atoms with Crippen molar-refractivity contribution in [2.45, 2.75) is 19.9 Å². The van der Waals surface area contributed by atoms with Crippen molar-refractivity contribution in [2.75, 3.05) is 6.54 Å². The minimum Gasteiger partial charge on any atom is -0.310 e. The lowest BCUT2D eigenvalue weighted by atomic mass is 10.3. The zero-order chi connectivity index (χ0) is 12.3. The van der Waals surface area contributed by atoms with Crippen molar-refractivity contribution in [2.24, 2.45) is 0 Å². The molecule has 3 nitrogen and oxygen atoms in total. The van der Waals surface area contributed by atoms with E-state index in [1.54, 1.807) is 17.5 Å². The molecule has 0 amide bonds. The maximum Gasteiger partial charge on any atom is 0.143 e. The summed E-state index contributed by atoms with van der Waals surface area (Å²) in [4.78, 5) is 10.0. The molecular weight excluding hydrogens is 298 g/mol. The van der Waals surface area contributed by atoms with E-state index in [9.17, 15) is 0 Å². The summed E-state index contributed by atoms with van der Waals surface area (Å²) in [6.07, 6.45) is 3.71. The highest BCUT2D eigenvalue weighted by Crippen LogP contribution is 2.31. The number of nitrogens with one attached hydrogen (secondary N) is 1. The third-order valence-corrected chi connectivity index (χ3v) is 4.25. The maximum absolute atomic E-state index is 4.44. The highest BCUT2D eigenvalue weighted by atomic mass is 79.9. The fraction of sp³-hybridized carbons (Fsp3) is 0.333. The molecule has 0 fully saturated rings. The van der Waals surface area contributed by atoms with Gasteiger partial charge in [-0.05, 0) is 41.5 Å². The number of nitrogens with zero attached hydrogens (tertiary/aromatic N) is 2. The largest absolute Gasteiger partial charge is 0.310 e. The van der Waals surface area contributed by atoms with E-state index in [4.69, 9.17) is 0 Å². The number of aromatic nitrogens is 2. The summed E-state index contributed by atoms with van der Waals surface area (Å²) < 4.78 is 0.983. The van der Waals surface area contributed by atoms with E-state index in [-0.39, 0.29) is 0 Å². The fourth-order valence-electron chi connectivity index (χ4n) is 1.55. The van der Waals surface area contributed by atoms with Gasteiger partial charge in [0, 0.05) is 27.8 Å². The van der Waals surface area contributed by atoms with Crippen molar-refractivity contribution in [1.82, 2.24) is 15.3 Å². The Hall–Kier alpha value is -0.780. The van der Waals surface area contributed by atoms with Gasteiger partial charge in [0.05, 0.1) is 0 Å². The first-order chi connectivity index (χ1) is 8.22. The molecule has 0 bridgehead atoms. The molecule has 0 aromatic carbocycles. The third-order valence-electron chi connectivity index (χ3n) is 2.42. The average molecular weight is 312 g/mol. The molecule has 17 heavy (non-hydrogen) atoms. The van der Waals surface area contributed by atoms with Crippen LogP contribution >= 0.6 is 27.3 Å². The quantitative estimate of drug-likeness (QED) is 0.936. The number of thiazole rings is 1. The first-order valence-electron chi connectivity index (χ1n) is 5.52. The Balaban J connectivity index is 2.27. The van der Waals surface area contributed by atoms with Crippen LogP contribution in [0.25, 0.3) is 10.7 Å². The Morgan fingerprint density at radius 3 is 3.00 bits per heavy atom. The van der Waals surface area contributed by atoms with Crippen LogP contribution in [0.1, 0.15) is 24.8 Å². The molecule has 0 aliphatic rings. The van der Waals surface area contributed by atoms with Gasteiger partial charge in [-0.25, -0.2) is 4.98 Å². The highest BCUT2D eigenvalue weighted by Gasteiger charge is 2.12. The van der Waals surface area contributed by atoms with Gasteiger partial charge in [0.25, 0.3) is 0 Å². The predicted molar refractivity (Wildman–Crippen MR) is 75.1 cm³/mol. The van der Waals surface area contributed by atoms with Crippen LogP contribution in [-0.2, 0) is 0 Å². The Labute approximate surface area is 113 Å². The minimum atomic E-state index is 0.341. The van der Waals surface area contributed by atoms with Gasteiger partial charge in [0.1, 0.15) is 10.7 Å². The van der Waals surface area contributed by atoms with Crippen molar-refractivity contribution in [1.29, 1.82) is 0 Å².